The molecule has 46 heavy (non-hydrogen) atoms. The predicted molar refractivity (Wildman–Crippen MR) is 199 cm³/mol. The average Bonchev–Trinajstić information content (AvgIpc) is 3.04. The van der Waals surface area contributed by atoms with Crippen LogP contribution in [0.15, 0.2) is 72.9 Å². The van der Waals surface area contributed by atoms with Crippen LogP contribution in [0.3, 0.4) is 0 Å². The summed E-state index contributed by atoms with van der Waals surface area (Å²) in [5.41, 5.74) is 0. The highest BCUT2D eigenvalue weighted by Gasteiger charge is 2.14. The molecule has 4 heteroatoms. The number of carboxylic acids is 1. The van der Waals surface area contributed by atoms with Crippen molar-refractivity contribution in [3.05, 3.63) is 72.9 Å². The molecule has 0 bridgehead atoms. The molecule has 0 spiro atoms. The summed E-state index contributed by atoms with van der Waals surface area (Å²) >= 11 is 0. The Morgan fingerprint density at radius 3 is 1.57 bits per heavy atom. The lowest BCUT2D eigenvalue weighted by molar-refractivity contribution is -0.150. The highest BCUT2D eigenvalue weighted by Crippen LogP contribution is 2.17. The van der Waals surface area contributed by atoms with Crippen molar-refractivity contribution >= 4 is 11.9 Å². The molecule has 0 saturated carbocycles. The molecule has 262 valence electrons. The topological polar surface area (TPSA) is 63.6 Å². The van der Waals surface area contributed by atoms with Crippen LogP contribution < -0.4 is 0 Å². The summed E-state index contributed by atoms with van der Waals surface area (Å²) in [6, 6.07) is 0. The van der Waals surface area contributed by atoms with Crippen LogP contribution in [0.1, 0.15) is 174 Å². The second-order valence-electron chi connectivity index (χ2n) is 12.4. The Balaban J connectivity index is 4.22. The molecule has 0 aromatic heterocycles. The minimum Gasteiger partial charge on any atom is -0.481 e. The van der Waals surface area contributed by atoms with E-state index in [1.54, 1.807) is 0 Å². The average molecular weight is 639 g/mol. The third kappa shape index (κ3) is 35.9. The summed E-state index contributed by atoms with van der Waals surface area (Å²) in [4.78, 5) is 23.3. The van der Waals surface area contributed by atoms with Crippen molar-refractivity contribution in [2.45, 2.75) is 180 Å². The molecule has 0 heterocycles. The fourth-order valence-corrected chi connectivity index (χ4v) is 5.16. The number of esters is 1. The van der Waals surface area contributed by atoms with Crippen molar-refractivity contribution in [2.75, 3.05) is 0 Å². The number of carbonyl (C=O) groups is 2. The zero-order valence-electron chi connectivity index (χ0n) is 29.9. The van der Waals surface area contributed by atoms with Gasteiger partial charge in [-0.3, -0.25) is 9.59 Å². The third-order valence-corrected chi connectivity index (χ3v) is 7.91. The summed E-state index contributed by atoms with van der Waals surface area (Å²) in [5, 5.41) is 8.80. The van der Waals surface area contributed by atoms with E-state index >= 15 is 0 Å². The van der Waals surface area contributed by atoms with Gasteiger partial charge in [-0.1, -0.05) is 138 Å². The number of unbranched alkanes of at least 4 members (excludes halogenated alkanes) is 12. The smallest absolute Gasteiger partial charge is 0.306 e. The number of hydrogen-bond acceptors (Lipinski definition) is 3. The zero-order chi connectivity index (χ0) is 33.6. The maximum absolute atomic E-state index is 12.6. The van der Waals surface area contributed by atoms with Gasteiger partial charge < -0.3 is 9.84 Å². The first-order valence-electron chi connectivity index (χ1n) is 18.9. The van der Waals surface area contributed by atoms with Crippen LogP contribution in [0.25, 0.3) is 0 Å². The Morgan fingerprint density at radius 1 is 0.500 bits per heavy atom. The minimum atomic E-state index is -0.714. The molecule has 0 aromatic rings. The molecule has 0 aliphatic carbocycles. The molecule has 1 unspecified atom stereocenters. The largest absolute Gasteiger partial charge is 0.481 e. The van der Waals surface area contributed by atoms with Gasteiger partial charge >= 0.3 is 11.9 Å². The van der Waals surface area contributed by atoms with Gasteiger partial charge in [0, 0.05) is 12.8 Å². The predicted octanol–water partition coefficient (Wildman–Crippen LogP) is 13.1. The summed E-state index contributed by atoms with van der Waals surface area (Å²) in [5.74, 6) is -0.785. The lowest BCUT2D eigenvalue weighted by Crippen LogP contribution is -2.18. The molecular weight excluding hydrogens is 568 g/mol. The van der Waals surface area contributed by atoms with Crippen molar-refractivity contribution in [3.8, 4) is 0 Å². The molecule has 1 atom stereocenters. The van der Waals surface area contributed by atoms with Gasteiger partial charge in [0.2, 0.25) is 0 Å². The van der Waals surface area contributed by atoms with Crippen LogP contribution in [0.2, 0.25) is 0 Å². The molecule has 0 rings (SSSR count). The fourth-order valence-electron chi connectivity index (χ4n) is 5.16. The lowest BCUT2D eigenvalue weighted by Gasteiger charge is -2.18. The lowest BCUT2D eigenvalue weighted by atomic mass is 10.0. The monoisotopic (exact) mass is 639 g/mol. The Morgan fingerprint density at radius 2 is 0.957 bits per heavy atom. The Kier molecular flexibility index (Phi) is 34.7. The summed E-state index contributed by atoms with van der Waals surface area (Å²) in [6.07, 6.45) is 52.0. The highest BCUT2D eigenvalue weighted by molar-refractivity contribution is 5.69. The van der Waals surface area contributed by atoms with Crippen LogP contribution in [0.5, 0.6) is 0 Å². The van der Waals surface area contributed by atoms with Gasteiger partial charge in [-0.25, -0.2) is 0 Å². The number of hydrogen-bond donors (Lipinski definition) is 1. The van der Waals surface area contributed by atoms with E-state index in [2.05, 4.69) is 86.8 Å². The number of carboxylic acid groups (broad SMARTS) is 1. The van der Waals surface area contributed by atoms with Crippen molar-refractivity contribution < 1.29 is 19.4 Å². The van der Waals surface area contributed by atoms with Crippen molar-refractivity contribution in [3.63, 3.8) is 0 Å². The van der Waals surface area contributed by atoms with E-state index in [1.807, 2.05) is 0 Å². The molecule has 0 radical (unpaired) electrons. The number of carbonyl (C=O) groups excluding carboxylic acids is 1. The van der Waals surface area contributed by atoms with Crippen molar-refractivity contribution in [1.82, 2.24) is 0 Å². The van der Waals surface area contributed by atoms with Crippen molar-refractivity contribution in [2.24, 2.45) is 0 Å². The van der Waals surface area contributed by atoms with Gasteiger partial charge in [-0.15, -0.1) is 0 Å². The Labute approximate surface area is 284 Å². The molecule has 1 N–H and O–H groups in total. The van der Waals surface area contributed by atoms with E-state index < -0.39 is 5.97 Å². The van der Waals surface area contributed by atoms with Gasteiger partial charge in [-0.05, 0) is 96.3 Å². The first-order chi connectivity index (χ1) is 22.6. The van der Waals surface area contributed by atoms with E-state index in [-0.39, 0.29) is 18.5 Å². The molecule has 0 aromatic carbocycles. The summed E-state index contributed by atoms with van der Waals surface area (Å²) < 4.78 is 5.94. The first kappa shape index (κ1) is 43.4. The SMILES string of the molecule is CC/C=C\C/C=C\C/C=C\C/C=C\C/C=C\CCCC(=O)OC(CCC/C=C\CCCCCCCC)CCCCCCCC(=O)O. The molecular formula is C42H70O4. The summed E-state index contributed by atoms with van der Waals surface area (Å²) in [7, 11) is 0. The second kappa shape index (κ2) is 36.8. The molecule has 0 fully saturated rings. The molecule has 0 aliphatic heterocycles. The quantitative estimate of drug-likeness (QED) is 0.0441. The van der Waals surface area contributed by atoms with Gasteiger partial charge in [-0.2, -0.15) is 0 Å². The Bertz CT molecular complexity index is 861. The number of ether oxygens (including phenoxy) is 1. The number of aliphatic carboxylic acids is 1. The molecule has 0 aliphatic rings. The van der Waals surface area contributed by atoms with Crippen molar-refractivity contribution in [1.29, 1.82) is 0 Å². The van der Waals surface area contributed by atoms with Gasteiger partial charge in [0.05, 0.1) is 0 Å². The van der Waals surface area contributed by atoms with Crippen LogP contribution in [-0.2, 0) is 14.3 Å². The number of rotatable bonds is 33. The third-order valence-electron chi connectivity index (χ3n) is 7.91. The minimum absolute atomic E-state index is 0.00724. The van der Waals surface area contributed by atoms with E-state index in [1.165, 1.54) is 44.9 Å². The molecule has 0 saturated heterocycles. The first-order valence-corrected chi connectivity index (χ1v) is 18.9. The molecule has 4 nitrogen and oxygen atoms in total. The van der Waals surface area contributed by atoms with E-state index in [0.29, 0.717) is 6.42 Å². The van der Waals surface area contributed by atoms with E-state index in [0.717, 1.165) is 103 Å². The summed E-state index contributed by atoms with van der Waals surface area (Å²) in [6.45, 7) is 4.41. The Hall–Kier alpha value is -2.62. The second-order valence-corrected chi connectivity index (χ2v) is 12.4. The van der Waals surface area contributed by atoms with Crippen LogP contribution >= 0.6 is 0 Å². The standard InChI is InChI=1S/C42H70O4/c1-3-5-7-9-11-13-15-16-17-18-19-20-22-24-26-31-35-39-42(45)46-40(37-33-29-27-30-34-38-41(43)44)36-32-28-25-23-21-14-12-10-8-6-4-2/h5,7,11,13,16-17,19-20,23-26,40H,3-4,6,8-10,12,14-15,18,21-22,27-39H2,1-2H3,(H,43,44)/b7-5-,13-11-,17-16-,20-19-,25-23-,26-24-. The maximum Gasteiger partial charge on any atom is 0.306 e. The molecule has 0 amide bonds. The van der Waals surface area contributed by atoms with Crippen LogP contribution in [-0.4, -0.2) is 23.1 Å². The van der Waals surface area contributed by atoms with Crippen LogP contribution in [0.4, 0.5) is 0 Å². The zero-order valence-corrected chi connectivity index (χ0v) is 29.9. The normalized spacial score (nSPS) is 13.1. The maximum atomic E-state index is 12.6. The highest BCUT2D eigenvalue weighted by atomic mass is 16.5. The number of allylic oxidation sites excluding steroid dienone is 12. The van der Waals surface area contributed by atoms with Gasteiger partial charge in [0.25, 0.3) is 0 Å². The van der Waals surface area contributed by atoms with E-state index in [9.17, 15) is 9.59 Å². The fraction of sp³-hybridized carbons (Fsp3) is 0.667. The van der Waals surface area contributed by atoms with Crippen LogP contribution in [0, 0.1) is 0 Å². The van der Waals surface area contributed by atoms with E-state index in [4.69, 9.17) is 9.84 Å². The van der Waals surface area contributed by atoms with Gasteiger partial charge in [0.1, 0.15) is 6.10 Å². The van der Waals surface area contributed by atoms with Gasteiger partial charge in [0.15, 0.2) is 0 Å².